The van der Waals surface area contributed by atoms with Gasteiger partial charge in [0.05, 0.1) is 12.2 Å². The molecular formula is C8H11N3O2. The second kappa shape index (κ2) is 5.21. The Morgan fingerprint density at radius 2 is 2.23 bits per heavy atom. The van der Waals surface area contributed by atoms with Crippen LogP contribution in [0.1, 0.15) is 10.4 Å². The second-order valence-corrected chi connectivity index (χ2v) is 2.38. The highest BCUT2D eigenvalue weighted by Crippen LogP contribution is 1.91. The van der Waals surface area contributed by atoms with Crippen LogP contribution in [0.4, 0.5) is 0 Å². The highest BCUT2D eigenvalue weighted by molar-refractivity contribution is 5.93. The van der Waals surface area contributed by atoms with E-state index in [0.29, 0.717) is 18.7 Å². The summed E-state index contributed by atoms with van der Waals surface area (Å²) in [5.41, 5.74) is 0.457. The van der Waals surface area contributed by atoms with Gasteiger partial charge in [0.2, 0.25) is 0 Å². The Kier molecular flexibility index (Phi) is 3.84. The number of nitrogens with one attached hydrogen (secondary N) is 1. The van der Waals surface area contributed by atoms with Crippen molar-refractivity contribution in [3.63, 3.8) is 0 Å². The highest BCUT2D eigenvalue weighted by atomic mass is 16.5. The van der Waals surface area contributed by atoms with E-state index in [4.69, 9.17) is 4.74 Å². The van der Waals surface area contributed by atoms with Crippen molar-refractivity contribution in [2.75, 3.05) is 20.3 Å². The number of carbonyl (C=O) groups excluding carboxylic acids is 1. The van der Waals surface area contributed by atoms with Crippen LogP contribution < -0.4 is 5.32 Å². The zero-order valence-corrected chi connectivity index (χ0v) is 7.36. The summed E-state index contributed by atoms with van der Waals surface area (Å²) in [4.78, 5) is 18.7. The first-order chi connectivity index (χ1) is 6.34. The molecule has 5 nitrogen and oxygen atoms in total. The van der Waals surface area contributed by atoms with Crippen molar-refractivity contribution >= 4 is 5.91 Å². The quantitative estimate of drug-likeness (QED) is 0.656. The number of ether oxygens (including phenoxy) is 1. The molecule has 1 amide bonds. The van der Waals surface area contributed by atoms with Crippen molar-refractivity contribution < 1.29 is 9.53 Å². The van der Waals surface area contributed by atoms with Crippen LogP contribution in [0.3, 0.4) is 0 Å². The summed E-state index contributed by atoms with van der Waals surface area (Å²) in [6, 6.07) is 0. The van der Waals surface area contributed by atoms with Gasteiger partial charge in [-0.15, -0.1) is 0 Å². The van der Waals surface area contributed by atoms with Gasteiger partial charge in [0.15, 0.2) is 0 Å². The minimum absolute atomic E-state index is 0.183. The maximum absolute atomic E-state index is 11.3. The van der Waals surface area contributed by atoms with Crippen LogP contribution in [0.5, 0.6) is 0 Å². The molecule has 0 fully saturated rings. The molecular weight excluding hydrogens is 170 g/mol. The average Bonchev–Trinajstić information content (AvgIpc) is 2.19. The Labute approximate surface area is 76.2 Å². The Hall–Kier alpha value is -1.49. The molecule has 13 heavy (non-hydrogen) atoms. The monoisotopic (exact) mass is 181 g/mol. The van der Waals surface area contributed by atoms with E-state index in [-0.39, 0.29) is 5.91 Å². The molecule has 0 unspecified atom stereocenters. The van der Waals surface area contributed by atoms with E-state index < -0.39 is 0 Å². The highest BCUT2D eigenvalue weighted by Gasteiger charge is 2.03. The second-order valence-electron chi connectivity index (χ2n) is 2.38. The third-order valence-corrected chi connectivity index (χ3v) is 1.41. The fourth-order valence-corrected chi connectivity index (χ4v) is 0.785. The molecule has 1 aromatic heterocycles. The molecule has 0 aliphatic heterocycles. The van der Waals surface area contributed by atoms with Crippen LogP contribution >= 0.6 is 0 Å². The summed E-state index contributed by atoms with van der Waals surface area (Å²) in [5.74, 6) is -0.183. The molecule has 0 aliphatic carbocycles. The summed E-state index contributed by atoms with van der Waals surface area (Å²) in [5, 5.41) is 2.66. The molecule has 70 valence electrons. The fraction of sp³-hybridized carbons (Fsp3) is 0.375. The third-order valence-electron chi connectivity index (χ3n) is 1.41. The molecule has 0 spiro atoms. The van der Waals surface area contributed by atoms with Crippen molar-refractivity contribution in [3.8, 4) is 0 Å². The lowest BCUT2D eigenvalue weighted by molar-refractivity contribution is 0.0936. The van der Waals surface area contributed by atoms with Crippen molar-refractivity contribution in [3.05, 3.63) is 24.3 Å². The van der Waals surface area contributed by atoms with Crippen LogP contribution in [0.15, 0.2) is 18.7 Å². The van der Waals surface area contributed by atoms with Gasteiger partial charge in [-0.3, -0.25) is 4.79 Å². The van der Waals surface area contributed by atoms with Crippen LogP contribution in [0.25, 0.3) is 0 Å². The van der Waals surface area contributed by atoms with Crippen LogP contribution in [-0.4, -0.2) is 36.1 Å². The molecule has 0 radical (unpaired) electrons. The molecule has 0 aromatic carbocycles. The van der Waals surface area contributed by atoms with Gasteiger partial charge in [0, 0.05) is 26.0 Å². The number of carbonyl (C=O) groups is 1. The van der Waals surface area contributed by atoms with E-state index >= 15 is 0 Å². The van der Waals surface area contributed by atoms with E-state index in [0.717, 1.165) is 0 Å². The summed E-state index contributed by atoms with van der Waals surface area (Å²) in [6.07, 6.45) is 4.32. The molecule has 0 atom stereocenters. The number of hydrogen-bond acceptors (Lipinski definition) is 4. The minimum atomic E-state index is -0.183. The molecule has 1 heterocycles. The molecule has 0 saturated carbocycles. The first-order valence-electron chi connectivity index (χ1n) is 3.86. The Balaban J connectivity index is 2.40. The Bertz CT molecular complexity index is 263. The van der Waals surface area contributed by atoms with Crippen LogP contribution in [-0.2, 0) is 4.74 Å². The van der Waals surface area contributed by atoms with E-state index in [1.807, 2.05) is 0 Å². The zero-order chi connectivity index (χ0) is 9.52. The minimum Gasteiger partial charge on any atom is -0.383 e. The lowest BCUT2D eigenvalue weighted by atomic mass is 10.3. The average molecular weight is 181 g/mol. The topological polar surface area (TPSA) is 64.1 Å². The SMILES string of the molecule is COCCNC(=O)c1cncnc1. The molecule has 0 aliphatic rings. The molecule has 1 rings (SSSR count). The predicted molar refractivity (Wildman–Crippen MR) is 46.2 cm³/mol. The van der Waals surface area contributed by atoms with Gasteiger partial charge in [-0.2, -0.15) is 0 Å². The smallest absolute Gasteiger partial charge is 0.254 e. The van der Waals surface area contributed by atoms with Gasteiger partial charge >= 0.3 is 0 Å². The molecule has 0 saturated heterocycles. The van der Waals surface area contributed by atoms with E-state index in [1.54, 1.807) is 7.11 Å². The standard InChI is InChI=1S/C8H11N3O2/c1-13-3-2-11-8(12)7-4-9-6-10-5-7/h4-6H,2-3H2,1H3,(H,11,12). The molecule has 1 N–H and O–H groups in total. The zero-order valence-electron chi connectivity index (χ0n) is 7.36. The summed E-state index contributed by atoms with van der Waals surface area (Å²) in [7, 11) is 1.58. The number of methoxy groups -OCH3 is 1. The Morgan fingerprint density at radius 3 is 2.85 bits per heavy atom. The molecule has 5 heteroatoms. The summed E-state index contributed by atoms with van der Waals surface area (Å²) >= 11 is 0. The number of rotatable bonds is 4. The first kappa shape index (κ1) is 9.60. The van der Waals surface area contributed by atoms with Crippen molar-refractivity contribution in [1.29, 1.82) is 0 Å². The van der Waals surface area contributed by atoms with Gasteiger partial charge in [0.25, 0.3) is 5.91 Å². The van der Waals surface area contributed by atoms with Gasteiger partial charge in [-0.25, -0.2) is 9.97 Å². The summed E-state index contributed by atoms with van der Waals surface area (Å²) in [6.45, 7) is 0.990. The maximum Gasteiger partial charge on any atom is 0.254 e. The van der Waals surface area contributed by atoms with Gasteiger partial charge in [0.1, 0.15) is 6.33 Å². The largest absolute Gasteiger partial charge is 0.383 e. The van der Waals surface area contributed by atoms with Gasteiger partial charge in [-0.1, -0.05) is 0 Å². The maximum atomic E-state index is 11.3. The van der Waals surface area contributed by atoms with Gasteiger partial charge in [-0.05, 0) is 0 Å². The van der Waals surface area contributed by atoms with Gasteiger partial charge < -0.3 is 10.1 Å². The van der Waals surface area contributed by atoms with Crippen LogP contribution in [0.2, 0.25) is 0 Å². The number of hydrogen-bond donors (Lipinski definition) is 1. The van der Waals surface area contributed by atoms with E-state index in [2.05, 4.69) is 15.3 Å². The van der Waals surface area contributed by atoms with Crippen molar-refractivity contribution in [1.82, 2.24) is 15.3 Å². The number of aromatic nitrogens is 2. The lowest BCUT2D eigenvalue weighted by Gasteiger charge is -2.02. The fourth-order valence-electron chi connectivity index (χ4n) is 0.785. The van der Waals surface area contributed by atoms with Crippen molar-refractivity contribution in [2.24, 2.45) is 0 Å². The number of nitrogens with zero attached hydrogens (tertiary/aromatic N) is 2. The van der Waals surface area contributed by atoms with Crippen LogP contribution in [0, 0.1) is 0 Å². The third kappa shape index (κ3) is 3.16. The van der Waals surface area contributed by atoms with Crippen molar-refractivity contribution in [2.45, 2.75) is 0 Å². The molecule has 1 aromatic rings. The lowest BCUT2D eigenvalue weighted by Crippen LogP contribution is -2.27. The first-order valence-corrected chi connectivity index (χ1v) is 3.86. The summed E-state index contributed by atoms with van der Waals surface area (Å²) < 4.78 is 4.78. The van der Waals surface area contributed by atoms with E-state index in [9.17, 15) is 4.79 Å². The predicted octanol–water partition coefficient (Wildman–Crippen LogP) is -0.147. The molecule has 0 bridgehead atoms. The Morgan fingerprint density at radius 1 is 1.54 bits per heavy atom. The van der Waals surface area contributed by atoms with E-state index in [1.165, 1.54) is 18.7 Å². The normalized spacial score (nSPS) is 9.62. The number of amides is 1.